The average molecular weight is 629 g/mol. The number of aromatic nitrogens is 2. The molecule has 2 aliphatic heterocycles. The number of hydrogen-bond acceptors (Lipinski definition) is 8. The van der Waals surface area contributed by atoms with E-state index in [0.29, 0.717) is 41.9 Å². The molecule has 10 nitrogen and oxygen atoms in total. The summed E-state index contributed by atoms with van der Waals surface area (Å²) in [6.07, 6.45) is 1.86. The van der Waals surface area contributed by atoms with Gasteiger partial charge in [-0.1, -0.05) is 30.3 Å². The van der Waals surface area contributed by atoms with Gasteiger partial charge in [-0.25, -0.2) is 4.68 Å². The summed E-state index contributed by atoms with van der Waals surface area (Å²) in [6, 6.07) is 23.0. The number of carbonyl (C=O) groups is 2. The van der Waals surface area contributed by atoms with E-state index < -0.39 is 0 Å². The minimum atomic E-state index is -0.379. The highest BCUT2D eigenvalue weighted by atomic mass is 32.2. The molecule has 4 aromatic rings. The van der Waals surface area contributed by atoms with Crippen LogP contribution < -0.4 is 24.4 Å². The minimum Gasteiger partial charge on any atom is -0.497 e. The van der Waals surface area contributed by atoms with Crippen molar-refractivity contribution in [2.75, 3.05) is 51.7 Å². The fraction of sp³-hybridized carbons (Fsp3) is 0.324. The van der Waals surface area contributed by atoms with E-state index in [1.807, 2.05) is 72.8 Å². The normalized spacial score (nSPS) is 17.8. The largest absolute Gasteiger partial charge is 0.497 e. The Hall–Kier alpha value is -4.48. The fourth-order valence-corrected chi connectivity index (χ4v) is 6.97. The number of nitrogens with one attached hydrogen (secondary N) is 1. The first-order valence-corrected chi connectivity index (χ1v) is 15.9. The van der Waals surface area contributed by atoms with Crippen molar-refractivity contribution in [1.82, 2.24) is 15.1 Å². The van der Waals surface area contributed by atoms with Crippen LogP contribution in [0.3, 0.4) is 0 Å². The van der Waals surface area contributed by atoms with E-state index in [2.05, 4.69) is 5.32 Å². The van der Waals surface area contributed by atoms with Crippen molar-refractivity contribution >= 4 is 29.4 Å². The van der Waals surface area contributed by atoms with Crippen molar-refractivity contribution in [3.05, 3.63) is 83.9 Å². The van der Waals surface area contributed by atoms with Crippen molar-refractivity contribution in [3.8, 4) is 34.2 Å². The smallest absolute Gasteiger partial charge is 0.240 e. The molecule has 234 valence electrons. The Kier molecular flexibility index (Phi) is 9.27. The predicted octanol–water partition coefficient (Wildman–Crippen LogP) is 5.03. The lowest BCUT2D eigenvalue weighted by Crippen LogP contribution is -2.44. The van der Waals surface area contributed by atoms with Crippen LogP contribution in [0.2, 0.25) is 0 Å². The second-order valence-electron chi connectivity index (χ2n) is 10.8. The van der Waals surface area contributed by atoms with Crippen LogP contribution in [0.25, 0.3) is 16.9 Å². The summed E-state index contributed by atoms with van der Waals surface area (Å²) in [4.78, 5) is 29.0. The molecule has 3 aromatic carbocycles. The van der Waals surface area contributed by atoms with Crippen molar-refractivity contribution in [3.63, 3.8) is 0 Å². The summed E-state index contributed by atoms with van der Waals surface area (Å²) >= 11 is 1.47. The van der Waals surface area contributed by atoms with Gasteiger partial charge >= 0.3 is 0 Å². The number of methoxy groups -OCH3 is 3. The molecular weight excluding hydrogens is 592 g/mol. The van der Waals surface area contributed by atoms with E-state index in [1.165, 1.54) is 11.8 Å². The van der Waals surface area contributed by atoms with E-state index in [-0.39, 0.29) is 35.5 Å². The average Bonchev–Trinajstić information content (AvgIpc) is 3.72. The van der Waals surface area contributed by atoms with Gasteiger partial charge in [-0.05, 0) is 55.3 Å². The number of rotatable bonds is 10. The molecule has 0 saturated carbocycles. The zero-order valence-electron chi connectivity index (χ0n) is 25.5. The standard InChI is InChI=1S/C34H36N4O6S/c1-41-24-13-11-23(12-14-24)38-34-31(32(36-38)22-8-5-4-6-9-22)33(27-18-25(42-2)15-16-28(27)43-3)45-21-30(40)37(34)20-29(39)35-19-26-10-7-17-44-26/h4-6,8-9,11-16,18,26,33H,7,10,17,19-21H2,1-3H3,(H,35,39)/t26-,33+/m1/s1. The molecule has 6 rings (SSSR count). The van der Waals surface area contributed by atoms with Gasteiger partial charge in [-0.2, -0.15) is 5.10 Å². The number of benzene rings is 3. The van der Waals surface area contributed by atoms with Crippen LogP contribution >= 0.6 is 11.8 Å². The number of hydrogen-bond donors (Lipinski definition) is 1. The van der Waals surface area contributed by atoms with Gasteiger partial charge in [0.05, 0.1) is 49.8 Å². The number of thioether (sulfide) groups is 1. The lowest BCUT2D eigenvalue weighted by molar-refractivity contribution is -0.123. The highest BCUT2D eigenvalue weighted by Crippen LogP contribution is 2.51. The van der Waals surface area contributed by atoms with Gasteiger partial charge in [0, 0.05) is 29.8 Å². The third kappa shape index (κ3) is 6.36. The molecule has 0 radical (unpaired) electrons. The van der Waals surface area contributed by atoms with Gasteiger partial charge in [0.1, 0.15) is 29.6 Å². The number of amides is 2. The summed E-state index contributed by atoms with van der Waals surface area (Å²) in [5.41, 5.74) is 3.93. The van der Waals surface area contributed by atoms with Crippen LogP contribution in [0.15, 0.2) is 72.8 Å². The first-order chi connectivity index (χ1) is 22.0. The molecule has 0 spiro atoms. The van der Waals surface area contributed by atoms with Crippen molar-refractivity contribution in [2.24, 2.45) is 0 Å². The van der Waals surface area contributed by atoms with Gasteiger partial charge in [0.2, 0.25) is 11.8 Å². The highest BCUT2D eigenvalue weighted by molar-refractivity contribution is 8.00. The zero-order valence-corrected chi connectivity index (χ0v) is 26.3. The number of ether oxygens (including phenoxy) is 4. The number of anilines is 1. The highest BCUT2D eigenvalue weighted by Gasteiger charge is 2.39. The third-order valence-corrected chi connectivity index (χ3v) is 9.26. The number of carbonyl (C=O) groups excluding carboxylic acids is 2. The molecule has 45 heavy (non-hydrogen) atoms. The Morgan fingerprint density at radius 1 is 1.00 bits per heavy atom. The maximum atomic E-state index is 14.0. The summed E-state index contributed by atoms with van der Waals surface area (Å²) < 4.78 is 24.3. The lowest BCUT2D eigenvalue weighted by atomic mass is 9.98. The Bertz CT molecular complexity index is 1650. The molecule has 3 heterocycles. The fourth-order valence-electron chi connectivity index (χ4n) is 5.75. The van der Waals surface area contributed by atoms with E-state index in [1.54, 1.807) is 30.9 Å². The molecule has 1 saturated heterocycles. The van der Waals surface area contributed by atoms with E-state index in [0.717, 1.165) is 35.2 Å². The Labute approximate surface area is 266 Å². The maximum Gasteiger partial charge on any atom is 0.240 e. The molecule has 11 heteroatoms. The van der Waals surface area contributed by atoms with Crippen LogP contribution in [0.4, 0.5) is 5.82 Å². The van der Waals surface area contributed by atoms with Gasteiger partial charge in [-0.3, -0.25) is 14.5 Å². The number of nitrogens with zero attached hydrogens (tertiary/aromatic N) is 3. The summed E-state index contributed by atoms with van der Waals surface area (Å²) in [5, 5.41) is 7.76. The number of fused-ring (bicyclic) bond motifs is 1. The zero-order chi connectivity index (χ0) is 31.3. The van der Waals surface area contributed by atoms with Gasteiger partial charge < -0.3 is 24.3 Å². The monoisotopic (exact) mass is 628 g/mol. The van der Waals surface area contributed by atoms with E-state index in [9.17, 15) is 9.59 Å². The lowest BCUT2D eigenvalue weighted by Gasteiger charge is -2.24. The van der Waals surface area contributed by atoms with Crippen LogP contribution in [0.1, 0.15) is 29.2 Å². The Morgan fingerprint density at radius 2 is 1.76 bits per heavy atom. The third-order valence-electron chi connectivity index (χ3n) is 8.03. The second kappa shape index (κ2) is 13.7. The quantitative estimate of drug-likeness (QED) is 0.261. The Morgan fingerprint density at radius 3 is 2.44 bits per heavy atom. The van der Waals surface area contributed by atoms with Gasteiger partial charge in [0.25, 0.3) is 0 Å². The van der Waals surface area contributed by atoms with Gasteiger partial charge in [-0.15, -0.1) is 11.8 Å². The topological polar surface area (TPSA) is 104 Å². The maximum absolute atomic E-state index is 14.0. The van der Waals surface area contributed by atoms with Crippen molar-refractivity contribution in [2.45, 2.75) is 24.2 Å². The molecular formula is C34H36N4O6S. The molecule has 2 aliphatic rings. The van der Waals surface area contributed by atoms with Crippen LogP contribution in [0, 0.1) is 0 Å². The first kappa shape index (κ1) is 30.5. The molecule has 1 N–H and O–H groups in total. The predicted molar refractivity (Wildman–Crippen MR) is 174 cm³/mol. The van der Waals surface area contributed by atoms with Crippen molar-refractivity contribution < 1.29 is 28.5 Å². The van der Waals surface area contributed by atoms with E-state index in [4.69, 9.17) is 24.0 Å². The molecule has 1 aromatic heterocycles. The molecule has 2 atom stereocenters. The van der Waals surface area contributed by atoms with E-state index >= 15 is 0 Å². The van der Waals surface area contributed by atoms with Crippen LogP contribution in [0.5, 0.6) is 17.2 Å². The molecule has 0 aliphatic carbocycles. The second-order valence-corrected chi connectivity index (χ2v) is 11.9. The minimum absolute atomic E-state index is 0.0145. The van der Waals surface area contributed by atoms with Crippen LogP contribution in [-0.2, 0) is 14.3 Å². The SMILES string of the molecule is COc1ccc(-n2nc(-c3ccccc3)c3c2N(CC(=O)NC[C@H]2CCCO2)C(=O)CS[C@H]3c2cc(OC)ccc2OC)cc1. The van der Waals surface area contributed by atoms with Crippen LogP contribution in [-0.4, -0.2) is 74.5 Å². The molecule has 1 fully saturated rings. The molecule has 0 bridgehead atoms. The summed E-state index contributed by atoms with van der Waals surface area (Å²) in [7, 11) is 4.86. The van der Waals surface area contributed by atoms with Crippen molar-refractivity contribution in [1.29, 1.82) is 0 Å². The summed E-state index contributed by atoms with van der Waals surface area (Å²) in [6.45, 7) is 0.931. The van der Waals surface area contributed by atoms with Gasteiger partial charge in [0.15, 0.2) is 0 Å². The molecule has 0 unspecified atom stereocenters. The molecule has 2 amide bonds. The Balaban J connectivity index is 1.55. The summed E-state index contributed by atoms with van der Waals surface area (Å²) in [5.74, 6) is 2.20. The first-order valence-electron chi connectivity index (χ1n) is 14.9.